The number of carbonyl (C=O) groups excluding carboxylic acids is 3. The summed E-state index contributed by atoms with van der Waals surface area (Å²) in [5.41, 5.74) is -0.303. The first-order chi connectivity index (χ1) is 21.2. The van der Waals surface area contributed by atoms with E-state index in [0.29, 0.717) is 10.4 Å². The number of halogens is 1. The van der Waals surface area contributed by atoms with Crippen molar-refractivity contribution in [3.05, 3.63) is 106 Å². The Kier molecular flexibility index (Phi) is 10.5. The highest BCUT2D eigenvalue weighted by atomic mass is 35.5. The number of amides is 1. The molecule has 13 heteroatoms. The minimum absolute atomic E-state index is 0.138. The minimum atomic E-state index is -2.08. The number of ketones is 1. The molecule has 1 aliphatic heterocycles. The molecule has 4 atom stereocenters. The average Bonchev–Trinajstić information content (AvgIpc) is 3.01. The summed E-state index contributed by atoms with van der Waals surface area (Å²) in [6, 6.07) is 21.4. The molecule has 4 rings (SSSR count). The van der Waals surface area contributed by atoms with Gasteiger partial charge in [0.25, 0.3) is 5.69 Å². The maximum Gasteiger partial charge on any atom is 0.384 e. The van der Waals surface area contributed by atoms with Crippen LogP contribution in [-0.4, -0.2) is 52.8 Å². The molecule has 0 aromatic heterocycles. The van der Waals surface area contributed by atoms with Crippen LogP contribution in [-0.2, 0) is 20.9 Å². The second kappa shape index (κ2) is 14.0. The van der Waals surface area contributed by atoms with E-state index >= 15 is 0 Å². The van der Waals surface area contributed by atoms with Gasteiger partial charge < -0.3 is 14.6 Å². The summed E-state index contributed by atoms with van der Waals surface area (Å²) in [5.74, 6) is -2.02. The lowest BCUT2D eigenvalue weighted by Gasteiger charge is -2.45. The molecule has 10 nitrogen and oxygen atoms in total. The van der Waals surface area contributed by atoms with Crippen molar-refractivity contribution >= 4 is 67.1 Å². The first-order valence-electron chi connectivity index (χ1n) is 13.8. The Morgan fingerprint density at radius 2 is 1.62 bits per heavy atom. The molecular formula is C32H31ClN2O8S2. The third kappa shape index (κ3) is 7.64. The second-order valence-corrected chi connectivity index (χ2v) is 13.8. The van der Waals surface area contributed by atoms with Gasteiger partial charge in [0.1, 0.15) is 23.8 Å². The van der Waals surface area contributed by atoms with Gasteiger partial charge in [-0.05, 0) is 60.0 Å². The van der Waals surface area contributed by atoms with Gasteiger partial charge in [-0.2, -0.15) is 0 Å². The molecule has 1 saturated heterocycles. The fraction of sp³-hybridized carbons (Fsp3) is 0.281. The zero-order chi connectivity index (χ0) is 33.1. The van der Waals surface area contributed by atoms with Crippen molar-refractivity contribution in [2.75, 3.05) is 0 Å². The summed E-state index contributed by atoms with van der Waals surface area (Å²) in [5, 5.41) is 19.8. The Hall–Kier alpha value is -3.97. The normalized spacial score (nSPS) is 17.9. The molecule has 1 unspecified atom stereocenters. The van der Waals surface area contributed by atoms with Crippen LogP contribution in [0.3, 0.4) is 0 Å². The lowest BCUT2D eigenvalue weighted by Crippen LogP contribution is -2.60. The van der Waals surface area contributed by atoms with E-state index in [1.165, 1.54) is 31.2 Å². The van der Waals surface area contributed by atoms with Gasteiger partial charge in [0.2, 0.25) is 16.7 Å². The number of rotatable bonds is 9. The predicted octanol–water partition coefficient (Wildman–Crippen LogP) is 6.41. The van der Waals surface area contributed by atoms with Crippen molar-refractivity contribution in [3.8, 4) is 5.75 Å². The van der Waals surface area contributed by atoms with E-state index in [4.69, 9.17) is 33.3 Å². The first kappa shape index (κ1) is 33.9. The van der Waals surface area contributed by atoms with E-state index in [-0.39, 0.29) is 23.1 Å². The number of non-ortho nitro benzene ring substituents is 1. The van der Waals surface area contributed by atoms with Crippen LogP contribution in [0.1, 0.15) is 44.4 Å². The van der Waals surface area contributed by atoms with Crippen molar-refractivity contribution in [1.29, 1.82) is 0 Å². The number of aliphatic hydroxyl groups is 1. The molecule has 1 N–H and O–H groups in total. The topological polar surface area (TPSA) is 136 Å². The Bertz CT molecular complexity index is 1650. The number of carbonyl (C=O) groups is 3. The summed E-state index contributed by atoms with van der Waals surface area (Å²) in [7, 11) is -2.08. The van der Waals surface area contributed by atoms with E-state index in [2.05, 4.69) is 0 Å². The number of nitro benzene ring substituents is 1. The maximum absolute atomic E-state index is 13.8. The summed E-state index contributed by atoms with van der Waals surface area (Å²) < 4.78 is 12.6. The first-order valence-corrected chi connectivity index (χ1v) is 15.8. The third-order valence-corrected chi connectivity index (χ3v) is 9.71. The van der Waals surface area contributed by atoms with Crippen LogP contribution < -0.4 is 4.74 Å². The van der Waals surface area contributed by atoms with E-state index in [1.807, 2.05) is 30.3 Å². The fourth-order valence-corrected chi connectivity index (χ4v) is 7.13. The molecule has 45 heavy (non-hydrogen) atoms. The number of β-lactam (4-membered cyclic amide) rings is 1. The number of hydrogen-bond acceptors (Lipinski definition) is 9. The van der Waals surface area contributed by atoms with Crippen LogP contribution >= 0.6 is 34.5 Å². The summed E-state index contributed by atoms with van der Waals surface area (Å²) >= 11 is 12.2. The molecule has 0 saturated carbocycles. The van der Waals surface area contributed by atoms with E-state index in [9.17, 15) is 29.6 Å². The predicted molar refractivity (Wildman–Crippen MR) is 176 cm³/mol. The highest BCUT2D eigenvalue weighted by molar-refractivity contribution is 8.27. The second-order valence-electron chi connectivity index (χ2n) is 11.2. The number of alkyl halides is 1. The van der Waals surface area contributed by atoms with Crippen molar-refractivity contribution < 1.29 is 33.9 Å². The summed E-state index contributed by atoms with van der Waals surface area (Å²) in [4.78, 5) is 51.9. The molecule has 1 aliphatic rings. The highest BCUT2D eigenvalue weighted by Crippen LogP contribution is 2.44. The lowest BCUT2D eigenvalue weighted by molar-refractivity contribution is -0.384. The number of benzene rings is 3. The van der Waals surface area contributed by atoms with Crippen LogP contribution in [0.5, 0.6) is 5.75 Å². The van der Waals surface area contributed by atoms with Crippen LogP contribution in [0.2, 0.25) is 0 Å². The molecule has 3 aromatic carbocycles. The van der Waals surface area contributed by atoms with Gasteiger partial charge in [-0.1, -0.05) is 74.9 Å². The quantitative estimate of drug-likeness (QED) is 0.0400. The monoisotopic (exact) mass is 670 g/mol. The zero-order valence-corrected chi connectivity index (χ0v) is 27.2. The van der Waals surface area contributed by atoms with E-state index in [1.54, 1.807) is 45.0 Å². The molecular weight excluding hydrogens is 640 g/mol. The number of hydrogen-bond donors (Lipinski definition) is 1. The van der Waals surface area contributed by atoms with Crippen molar-refractivity contribution in [2.24, 2.45) is 11.3 Å². The molecule has 0 aliphatic carbocycles. The Balaban J connectivity index is 1.73. The number of thiocarbonyl (C=S) groups is 1. The van der Waals surface area contributed by atoms with Crippen LogP contribution in [0.4, 0.5) is 10.5 Å². The Morgan fingerprint density at radius 3 is 2.13 bits per heavy atom. The summed E-state index contributed by atoms with van der Waals surface area (Å²) in [6.45, 7) is 6.01. The average molecular weight is 671 g/mol. The summed E-state index contributed by atoms with van der Waals surface area (Å²) in [6.07, 6.45) is -1.11. The SMILES string of the molecule is C[C@@H](O)[C@H]1C(=O)N(S(C(=O)OCc2ccc([N+](=O)[O-])cc2)=C(Oc2ccc(C(=S)c3ccccc3)cc2)C(=O)C(C)(C)C)[C@H]1Cl. The van der Waals surface area contributed by atoms with Gasteiger partial charge >= 0.3 is 5.30 Å². The molecule has 0 bridgehead atoms. The van der Waals surface area contributed by atoms with Gasteiger partial charge in [0, 0.05) is 17.5 Å². The molecule has 1 fully saturated rings. The van der Waals surface area contributed by atoms with E-state index in [0.717, 1.165) is 15.4 Å². The zero-order valence-electron chi connectivity index (χ0n) is 24.8. The van der Waals surface area contributed by atoms with Crippen LogP contribution in [0, 0.1) is 21.4 Å². The largest absolute Gasteiger partial charge is 0.452 e. The van der Waals surface area contributed by atoms with Crippen LogP contribution in [0.25, 0.3) is 0 Å². The third-order valence-electron chi connectivity index (χ3n) is 6.81. The molecule has 3 aromatic rings. The maximum atomic E-state index is 13.8. The number of nitrogens with zero attached hydrogens (tertiary/aromatic N) is 2. The molecule has 1 amide bonds. The highest BCUT2D eigenvalue weighted by Gasteiger charge is 2.54. The van der Waals surface area contributed by atoms with Crippen LogP contribution in [0.15, 0.2) is 78.9 Å². The number of aliphatic hydroxyl groups excluding tert-OH is 1. The Labute approximate surface area is 273 Å². The number of nitro groups is 1. The number of Topliss-reactive ketones (excluding diaryl/α,β-unsaturated/α-hetero) is 1. The van der Waals surface area contributed by atoms with Crippen molar-refractivity contribution in [2.45, 2.75) is 45.9 Å². The Morgan fingerprint density at radius 1 is 1.04 bits per heavy atom. The van der Waals surface area contributed by atoms with Gasteiger partial charge in [-0.3, -0.25) is 24.0 Å². The van der Waals surface area contributed by atoms with E-state index < -0.39 is 55.5 Å². The van der Waals surface area contributed by atoms with Crippen molar-refractivity contribution in [1.82, 2.24) is 4.31 Å². The van der Waals surface area contributed by atoms with Gasteiger partial charge in [0.05, 0.1) is 26.6 Å². The minimum Gasteiger partial charge on any atom is -0.452 e. The van der Waals surface area contributed by atoms with Gasteiger partial charge in [-0.25, -0.2) is 4.79 Å². The number of ether oxygens (including phenoxy) is 2. The molecule has 0 radical (unpaired) electrons. The molecule has 236 valence electrons. The molecule has 0 spiro atoms. The lowest BCUT2D eigenvalue weighted by atomic mass is 9.91. The van der Waals surface area contributed by atoms with Gasteiger partial charge in [-0.15, -0.1) is 0 Å². The smallest absolute Gasteiger partial charge is 0.384 e. The standard InChI is InChI=1S/C32H31ClN2O8S2/c1-19(36)25-28(33)34(29(25)38)45(31(39)42-18-20-10-14-23(15-11-20)35(40)41)30(27(37)32(2,3)4)43-24-16-12-22(13-17-24)26(44)21-8-6-5-7-9-21/h5-17,19,25,28,36H,18H2,1-4H3/t19-,25-,28-,45?/m1/s1. The molecule has 1 heterocycles. The van der Waals surface area contributed by atoms with Crippen molar-refractivity contribution in [3.63, 3.8) is 0 Å². The van der Waals surface area contributed by atoms with Gasteiger partial charge in [0.15, 0.2) is 0 Å². The fourth-order valence-electron chi connectivity index (χ4n) is 4.25.